The van der Waals surface area contributed by atoms with Gasteiger partial charge in [0.25, 0.3) is 0 Å². The molecule has 4 aromatic rings. The van der Waals surface area contributed by atoms with Crippen LogP contribution in [-0.4, -0.2) is 0 Å². The Morgan fingerprint density at radius 3 is 1.53 bits per heavy atom. The van der Waals surface area contributed by atoms with Gasteiger partial charge in [0.05, 0.1) is 11.1 Å². The molecule has 0 fully saturated rings. The van der Waals surface area contributed by atoms with Gasteiger partial charge >= 0.3 is 0 Å². The Morgan fingerprint density at radius 1 is 0.471 bits per heavy atom. The molecule has 0 radical (unpaired) electrons. The number of halogens is 6. The topological polar surface area (TPSA) is 70.5 Å². The molecule has 4 aromatic carbocycles. The third-order valence-corrected chi connectivity index (χ3v) is 4.74. The van der Waals surface area contributed by atoms with E-state index in [0.717, 1.165) is 6.07 Å². The third-order valence-electron chi connectivity index (χ3n) is 4.74. The predicted molar refractivity (Wildman–Crippen MR) is 113 cm³/mol. The molecule has 0 amide bonds. The first-order chi connectivity index (χ1) is 16.2. The Hall–Kier alpha value is -4.34. The van der Waals surface area contributed by atoms with Crippen LogP contribution in [0.15, 0.2) is 60.7 Å². The van der Waals surface area contributed by atoms with Crippen molar-refractivity contribution in [2.75, 3.05) is 11.5 Å². The van der Waals surface area contributed by atoms with Crippen molar-refractivity contribution in [1.29, 1.82) is 0 Å². The number of ether oxygens (including phenoxy) is 2. The highest BCUT2D eigenvalue weighted by molar-refractivity contribution is 5.78. The maximum absolute atomic E-state index is 15.0. The number of hydrogen-bond acceptors (Lipinski definition) is 4. The molecular weight excluding hydrogens is 462 g/mol. The summed E-state index contributed by atoms with van der Waals surface area (Å²) in [6.07, 6.45) is 0. The molecule has 0 aliphatic heterocycles. The molecule has 0 heterocycles. The van der Waals surface area contributed by atoms with Crippen molar-refractivity contribution in [3.05, 3.63) is 95.6 Å². The molecule has 0 aliphatic rings. The van der Waals surface area contributed by atoms with Crippen molar-refractivity contribution < 1.29 is 35.8 Å². The highest BCUT2D eigenvalue weighted by Crippen LogP contribution is 2.46. The molecular formula is C24H14F6N2O2. The van der Waals surface area contributed by atoms with E-state index in [9.17, 15) is 26.3 Å². The third kappa shape index (κ3) is 4.17. The first kappa shape index (κ1) is 22.8. The van der Waals surface area contributed by atoms with Crippen LogP contribution in [-0.2, 0) is 0 Å². The van der Waals surface area contributed by atoms with Crippen LogP contribution < -0.4 is 20.9 Å². The van der Waals surface area contributed by atoms with Gasteiger partial charge in [0.2, 0.25) is 11.6 Å². The largest absolute Gasteiger partial charge is 0.457 e. The Kier molecular flexibility index (Phi) is 5.97. The highest BCUT2D eigenvalue weighted by atomic mass is 19.2. The summed E-state index contributed by atoms with van der Waals surface area (Å²) in [5.74, 6) is -13.5. The number of anilines is 2. The van der Waals surface area contributed by atoms with E-state index >= 15 is 0 Å². The molecule has 0 bridgehead atoms. The molecule has 0 saturated heterocycles. The van der Waals surface area contributed by atoms with Gasteiger partial charge in [-0.15, -0.1) is 0 Å². The molecule has 0 atom stereocenters. The smallest absolute Gasteiger partial charge is 0.205 e. The maximum atomic E-state index is 15.0. The van der Waals surface area contributed by atoms with E-state index in [1.807, 2.05) is 0 Å². The summed E-state index contributed by atoms with van der Waals surface area (Å²) < 4.78 is 98.0. The first-order valence-corrected chi connectivity index (χ1v) is 9.58. The first-order valence-electron chi connectivity index (χ1n) is 9.58. The maximum Gasteiger partial charge on any atom is 0.205 e. The second kappa shape index (κ2) is 8.89. The van der Waals surface area contributed by atoms with Crippen LogP contribution in [0.3, 0.4) is 0 Å². The van der Waals surface area contributed by atoms with E-state index in [2.05, 4.69) is 0 Å². The van der Waals surface area contributed by atoms with Crippen LogP contribution in [0.5, 0.6) is 23.0 Å². The summed E-state index contributed by atoms with van der Waals surface area (Å²) in [7, 11) is 0. The van der Waals surface area contributed by atoms with Crippen LogP contribution in [0.1, 0.15) is 0 Å². The van der Waals surface area contributed by atoms with E-state index in [0.29, 0.717) is 17.4 Å². The van der Waals surface area contributed by atoms with Crippen molar-refractivity contribution in [2.45, 2.75) is 0 Å². The lowest BCUT2D eigenvalue weighted by molar-refractivity contribution is 0.372. The summed E-state index contributed by atoms with van der Waals surface area (Å²) in [4.78, 5) is 0. The molecule has 4 N–H and O–H groups in total. The lowest BCUT2D eigenvalue weighted by Gasteiger charge is -2.18. The van der Waals surface area contributed by atoms with Gasteiger partial charge in [0, 0.05) is 11.4 Å². The SMILES string of the molecule is Nc1ccc(Oc2ccc(F)c(F)c2-c2c(F)c(F)c(F)c(F)c2Oc2ccc(N)cc2)cc1. The van der Waals surface area contributed by atoms with Gasteiger partial charge in [-0.3, -0.25) is 0 Å². The second-order valence-corrected chi connectivity index (χ2v) is 7.04. The fraction of sp³-hybridized carbons (Fsp3) is 0. The minimum absolute atomic E-state index is 0.0610. The molecule has 174 valence electrons. The average molecular weight is 476 g/mol. The predicted octanol–water partition coefficient (Wildman–Crippen LogP) is 6.94. The number of benzene rings is 4. The highest BCUT2D eigenvalue weighted by Gasteiger charge is 2.32. The minimum Gasteiger partial charge on any atom is -0.457 e. The summed E-state index contributed by atoms with van der Waals surface area (Å²) in [5, 5.41) is 0. The zero-order valence-corrected chi connectivity index (χ0v) is 17.0. The van der Waals surface area contributed by atoms with E-state index in [1.54, 1.807) is 0 Å². The van der Waals surface area contributed by atoms with E-state index in [-0.39, 0.29) is 11.5 Å². The fourth-order valence-corrected chi connectivity index (χ4v) is 3.10. The van der Waals surface area contributed by atoms with Crippen molar-refractivity contribution in [3.63, 3.8) is 0 Å². The van der Waals surface area contributed by atoms with E-state index in [1.165, 1.54) is 48.5 Å². The van der Waals surface area contributed by atoms with Crippen molar-refractivity contribution in [3.8, 4) is 34.1 Å². The van der Waals surface area contributed by atoms with Crippen molar-refractivity contribution >= 4 is 11.4 Å². The standard InChI is InChI=1S/C24H14F6N2O2/c25-15-9-10-16(33-13-5-1-11(31)2-6-13)17(19(15)26)18-20(27)21(28)22(29)23(30)24(18)34-14-7-3-12(32)4-8-14/h1-10H,31-32H2. The van der Waals surface area contributed by atoms with Gasteiger partial charge in [-0.1, -0.05) is 0 Å². The van der Waals surface area contributed by atoms with Gasteiger partial charge in [0.1, 0.15) is 17.2 Å². The molecule has 0 spiro atoms. The van der Waals surface area contributed by atoms with Gasteiger partial charge in [0.15, 0.2) is 29.0 Å². The lowest BCUT2D eigenvalue weighted by atomic mass is 10.0. The number of nitrogen functional groups attached to an aromatic ring is 2. The second-order valence-electron chi connectivity index (χ2n) is 7.04. The Morgan fingerprint density at radius 2 is 0.971 bits per heavy atom. The quantitative estimate of drug-likeness (QED) is 0.142. The van der Waals surface area contributed by atoms with Crippen LogP contribution in [0.4, 0.5) is 37.7 Å². The molecule has 0 aromatic heterocycles. The van der Waals surface area contributed by atoms with Crippen LogP contribution in [0.25, 0.3) is 11.1 Å². The van der Waals surface area contributed by atoms with Crippen LogP contribution >= 0.6 is 0 Å². The Labute approximate surface area is 189 Å². The molecule has 4 rings (SSSR count). The summed E-state index contributed by atoms with van der Waals surface area (Å²) in [5.41, 5.74) is 9.56. The van der Waals surface area contributed by atoms with Crippen LogP contribution in [0.2, 0.25) is 0 Å². The van der Waals surface area contributed by atoms with Crippen molar-refractivity contribution in [1.82, 2.24) is 0 Å². The van der Waals surface area contributed by atoms with E-state index < -0.39 is 57.5 Å². The lowest BCUT2D eigenvalue weighted by Crippen LogP contribution is -2.06. The normalized spacial score (nSPS) is 10.9. The summed E-state index contributed by atoms with van der Waals surface area (Å²) >= 11 is 0. The zero-order chi connectivity index (χ0) is 24.6. The minimum atomic E-state index is -2.25. The summed E-state index contributed by atoms with van der Waals surface area (Å²) in [6, 6.07) is 12.3. The molecule has 34 heavy (non-hydrogen) atoms. The van der Waals surface area contributed by atoms with Gasteiger partial charge in [-0.05, 0) is 60.7 Å². The van der Waals surface area contributed by atoms with Gasteiger partial charge < -0.3 is 20.9 Å². The molecule has 0 aliphatic carbocycles. The van der Waals surface area contributed by atoms with Gasteiger partial charge in [-0.2, -0.15) is 4.39 Å². The summed E-state index contributed by atoms with van der Waals surface area (Å²) in [6.45, 7) is 0. The van der Waals surface area contributed by atoms with E-state index in [4.69, 9.17) is 20.9 Å². The van der Waals surface area contributed by atoms with Crippen LogP contribution in [0, 0.1) is 34.9 Å². The fourth-order valence-electron chi connectivity index (χ4n) is 3.10. The zero-order valence-electron chi connectivity index (χ0n) is 17.0. The monoisotopic (exact) mass is 476 g/mol. The molecule has 0 saturated carbocycles. The number of rotatable bonds is 5. The average Bonchev–Trinajstić information content (AvgIpc) is 2.82. The Bertz CT molecular complexity index is 1380. The van der Waals surface area contributed by atoms with Gasteiger partial charge in [-0.25, -0.2) is 22.0 Å². The number of hydrogen-bond donors (Lipinski definition) is 2. The molecule has 10 heteroatoms. The number of nitrogens with two attached hydrogens (primary N) is 2. The molecule has 4 nitrogen and oxygen atoms in total. The Balaban J connectivity index is 1.97. The molecule has 0 unspecified atom stereocenters. The van der Waals surface area contributed by atoms with Crippen molar-refractivity contribution in [2.24, 2.45) is 0 Å².